The highest BCUT2D eigenvalue weighted by Gasteiger charge is 2.30. The van der Waals surface area contributed by atoms with Gasteiger partial charge in [-0.3, -0.25) is 37.3 Å². The molecule has 0 fully saturated rings. The van der Waals surface area contributed by atoms with E-state index in [1.54, 1.807) is 0 Å². The van der Waals surface area contributed by atoms with Gasteiger partial charge in [-0.25, -0.2) is 9.13 Å². The molecule has 0 amide bonds. The number of esters is 4. The third-order valence-electron chi connectivity index (χ3n) is 16.8. The minimum atomic E-state index is -4.95. The van der Waals surface area contributed by atoms with E-state index >= 15 is 0 Å². The molecule has 90 heavy (non-hydrogen) atoms. The Morgan fingerprint density at radius 3 is 0.844 bits per heavy atom. The number of carbonyl (C=O) groups excluding carboxylic acids is 4. The minimum Gasteiger partial charge on any atom is -0.462 e. The van der Waals surface area contributed by atoms with Crippen molar-refractivity contribution in [2.75, 3.05) is 39.6 Å². The summed E-state index contributed by atoms with van der Waals surface area (Å²) in [6.45, 7) is 9.48. The van der Waals surface area contributed by atoms with Crippen molar-refractivity contribution in [3.05, 3.63) is 0 Å². The number of rotatable bonds is 70. The fourth-order valence-corrected chi connectivity index (χ4v) is 12.3. The Labute approximate surface area is 549 Å². The summed E-state index contributed by atoms with van der Waals surface area (Å²) >= 11 is 0. The van der Waals surface area contributed by atoms with E-state index in [0.29, 0.717) is 31.6 Å². The first-order valence-corrected chi connectivity index (χ1v) is 40.0. The second-order valence-corrected chi connectivity index (χ2v) is 29.3. The molecule has 0 aromatic heterocycles. The summed E-state index contributed by atoms with van der Waals surface area (Å²) in [5.41, 5.74) is 0. The van der Waals surface area contributed by atoms with E-state index in [2.05, 4.69) is 41.5 Å². The molecule has 534 valence electrons. The Morgan fingerprint density at radius 2 is 0.567 bits per heavy atom. The standard InChI is InChI=1S/C71H138O17P2/c1-7-10-12-14-16-18-20-22-24-26-28-30-35-43-49-55-70(75)87-66(59-81-68(73)53-47-41-34-29-27-25-23-21-19-17-15-13-11-8-2)61-85-89(77,78)83-57-65(72)58-84-90(79,80)86-62-67(60-82-69(74)54-48-42-38-37-39-45-51-63(4)5)88-71(76)56-50-44-36-32-31-33-40-46-52-64(6)9-3/h63-67,72H,7-62H2,1-6H3,(H,77,78)(H,79,80)/t64?,65-,66-,67-/m1/s1. The second-order valence-electron chi connectivity index (χ2n) is 26.3. The van der Waals surface area contributed by atoms with Crippen LogP contribution in [-0.4, -0.2) is 96.7 Å². The van der Waals surface area contributed by atoms with Crippen LogP contribution >= 0.6 is 15.6 Å². The fourth-order valence-electron chi connectivity index (χ4n) is 10.7. The van der Waals surface area contributed by atoms with E-state index in [1.165, 1.54) is 173 Å². The number of aliphatic hydroxyl groups is 1. The maximum absolute atomic E-state index is 13.0. The van der Waals surface area contributed by atoms with Crippen molar-refractivity contribution in [2.45, 2.75) is 381 Å². The number of hydrogen-bond acceptors (Lipinski definition) is 15. The van der Waals surface area contributed by atoms with Crippen molar-refractivity contribution < 1.29 is 80.2 Å². The summed E-state index contributed by atoms with van der Waals surface area (Å²) in [6, 6.07) is 0. The van der Waals surface area contributed by atoms with Gasteiger partial charge in [-0.15, -0.1) is 0 Å². The van der Waals surface area contributed by atoms with Crippen LogP contribution < -0.4 is 0 Å². The largest absolute Gasteiger partial charge is 0.472 e. The molecule has 0 aliphatic rings. The molecule has 0 aromatic rings. The van der Waals surface area contributed by atoms with Gasteiger partial charge in [0.25, 0.3) is 0 Å². The zero-order valence-corrected chi connectivity index (χ0v) is 60.2. The molecular weight excluding hydrogens is 1190 g/mol. The van der Waals surface area contributed by atoms with E-state index in [-0.39, 0.29) is 25.7 Å². The van der Waals surface area contributed by atoms with E-state index in [9.17, 15) is 43.2 Å². The number of phosphoric acid groups is 2. The monoisotopic (exact) mass is 1320 g/mol. The van der Waals surface area contributed by atoms with Crippen molar-refractivity contribution in [1.82, 2.24) is 0 Å². The van der Waals surface area contributed by atoms with Gasteiger partial charge in [0.15, 0.2) is 12.2 Å². The third-order valence-corrected chi connectivity index (χ3v) is 18.7. The van der Waals surface area contributed by atoms with Gasteiger partial charge in [0, 0.05) is 25.7 Å². The Hall–Kier alpha value is -1.94. The van der Waals surface area contributed by atoms with E-state index in [1.807, 2.05) is 0 Å². The molecule has 0 saturated heterocycles. The second kappa shape index (κ2) is 63.1. The third kappa shape index (κ3) is 63.5. The lowest BCUT2D eigenvalue weighted by atomic mass is 9.99. The summed E-state index contributed by atoms with van der Waals surface area (Å²) in [5.74, 6) is -0.675. The lowest BCUT2D eigenvalue weighted by molar-refractivity contribution is -0.161. The van der Waals surface area contributed by atoms with Crippen molar-refractivity contribution in [2.24, 2.45) is 11.8 Å². The van der Waals surface area contributed by atoms with Gasteiger partial charge in [-0.05, 0) is 37.5 Å². The van der Waals surface area contributed by atoms with Crippen molar-refractivity contribution in [1.29, 1.82) is 0 Å². The Bertz CT molecular complexity index is 1750. The van der Waals surface area contributed by atoms with Crippen LogP contribution in [0, 0.1) is 11.8 Å². The first kappa shape index (κ1) is 88.1. The molecule has 6 atom stereocenters. The zero-order valence-electron chi connectivity index (χ0n) is 58.4. The lowest BCUT2D eigenvalue weighted by Crippen LogP contribution is -2.30. The quantitative estimate of drug-likeness (QED) is 0.0222. The highest BCUT2D eigenvalue weighted by atomic mass is 31.2. The van der Waals surface area contributed by atoms with Crippen LogP contribution in [0.4, 0.5) is 0 Å². The highest BCUT2D eigenvalue weighted by molar-refractivity contribution is 7.47. The topological polar surface area (TPSA) is 237 Å². The number of aliphatic hydroxyl groups excluding tert-OH is 1. The van der Waals surface area contributed by atoms with Gasteiger partial charge < -0.3 is 33.8 Å². The predicted molar refractivity (Wildman–Crippen MR) is 363 cm³/mol. The van der Waals surface area contributed by atoms with Gasteiger partial charge in [0.05, 0.1) is 26.4 Å². The van der Waals surface area contributed by atoms with Crippen LogP contribution in [0.3, 0.4) is 0 Å². The molecule has 0 bridgehead atoms. The molecule has 3 N–H and O–H groups in total. The number of ether oxygens (including phenoxy) is 4. The number of carbonyl (C=O) groups is 4. The van der Waals surface area contributed by atoms with E-state index < -0.39 is 97.5 Å². The van der Waals surface area contributed by atoms with Crippen molar-refractivity contribution >= 4 is 39.5 Å². The van der Waals surface area contributed by atoms with Crippen LogP contribution in [-0.2, 0) is 65.4 Å². The molecule has 0 aromatic carbocycles. The first-order chi connectivity index (χ1) is 43.4. The molecule has 0 spiro atoms. The fraction of sp³-hybridized carbons (Fsp3) is 0.944. The van der Waals surface area contributed by atoms with Gasteiger partial charge in [0.2, 0.25) is 0 Å². The highest BCUT2D eigenvalue weighted by Crippen LogP contribution is 2.45. The summed E-state index contributed by atoms with van der Waals surface area (Å²) < 4.78 is 68.3. The van der Waals surface area contributed by atoms with Crippen LogP contribution in [0.2, 0.25) is 0 Å². The maximum Gasteiger partial charge on any atom is 0.472 e. The average molecular weight is 1330 g/mol. The molecule has 0 heterocycles. The van der Waals surface area contributed by atoms with Gasteiger partial charge in [0.1, 0.15) is 19.3 Å². The minimum absolute atomic E-state index is 0.104. The normalized spacial score (nSPS) is 14.4. The van der Waals surface area contributed by atoms with Crippen molar-refractivity contribution in [3.8, 4) is 0 Å². The Morgan fingerprint density at radius 1 is 0.322 bits per heavy atom. The molecule has 0 rings (SSSR count). The molecule has 0 aliphatic carbocycles. The summed E-state index contributed by atoms with van der Waals surface area (Å²) in [4.78, 5) is 72.6. The number of phosphoric ester groups is 2. The van der Waals surface area contributed by atoms with Gasteiger partial charge in [-0.1, -0.05) is 311 Å². The number of unbranched alkanes of at least 4 members (excludes halogenated alkanes) is 39. The molecule has 17 nitrogen and oxygen atoms in total. The number of hydrogen-bond donors (Lipinski definition) is 3. The SMILES string of the molecule is CCCCCCCCCCCCCCCCCC(=O)O[C@H](COC(=O)CCCCCCCCCCCCCCCC)COP(=O)(O)OC[C@@H](O)COP(=O)(O)OC[C@@H](COC(=O)CCCCCCCCC(C)C)OC(=O)CCCCCCCCCCC(C)CC. The lowest BCUT2D eigenvalue weighted by Gasteiger charge is -2.21. The van der Waals surface area contributed by atoms with E-state index in [0.717, 1.165) is 102 Å². The predicted octanol–water partition coefficient (Wildman–Crippen LogP) is 20.4. The Balaban J connectivity index is 5.25. The maximum atomic E-state index is 13.0. The molecule has 3 unspecified atom stereocenters. The summed E-state index contributed by atoms with van der Waals surface area (Å²) in [7, 11) is -9.90. The smallest absolute Gasteiger partial charge is 0.462 e. The van der Waals surface area contributed by atoms with Crippen LogP contribution in [0.1, 0.15) is 363 Å². The molecule has 19 heteroatoms. The first-order valence-electron chi connectivity index (χ1n) is 37.0. The van der Waals surface area contributed by atoms with Crippen molar-refractivity contribution in [3.63, 3.8) is 0 Å². The van der Waals surface area contributed by atoms with Crippen LogP contribution in [0.15, 0.2) is 0 Å². The Kier molecular flexibility index (Phi) is 61.8. The molecule has 0 aliphatic heterocycles. The zero-order chi connectivity index (χ0) is 66.5. The van der Waals surface area contributed by atoms with Crippen LogP contribution in [0.25, 0.3) is 0 Å². The van der Waals surface area contributed by atoms with E-state index in [4.69, 9.17) is 37.0 Å². The van der Waals surface area contributed by atoms with Crippen LogP contribution in [0.5, 0.6) is 0 Å². The molecule has 0 saturated carbocycles. The molecule has 0 radical (unpaired) electrons. The average Bonchev–Trinajstić information content (AvgIpc) is 3.47. The van der Waals surface area contributed by atoms with Gasteiger partial charge >= 0.3 is 39.5 Å². The molecular formula is C71H138O17P2. The summed E-state index contributed by atoms with van der Waals surface area (Å²) in [5, 5.41) is 10.6. The summed E-state index contributed by atoms with van der Waals surface area (Å²) in [6.07, 6.45) is 48.6. The van der Waals surface area contributed by atoms with Gasteiger partial charge in [-0.2, -0.15) is 0 Å².